The predicted molar refractivity (Wildman–Crippen MR) is 207 cm³/mol. The second kappa shape index (κ2) is 14.3. The van der Waals surface area contributed by atoms with E-state index in [1.165, 1.54) is 86.6 Å². The van der Waals surface area contributed by atoms with Crippen LogP contribution in [0.2, 0.25) is 0 Å². The summed E-state index contributed by atoms with van der Waals surface area (Å²) in [4.78, 5) is 11.1. The third-order valence-electron chi connectivity index (χ3n) is 8.47. The fourth-order valence-corrected chi connectivity index (χ4v) is 10.1. The molecule has 292 valence electrons. The number of rotatable bonds is 10. The quantitative estimate of drug-likeness (QED) is 0.0602. The number of aryl methyl sites for hydroxylation is 2. The molecule has 17 nitrogen and oxygen atoms in total. The largest absolute Gasteiger partial charge is 0.506 e. The van der Waals surface area contributed by atoms with E-state index >= 15 is 0 Å². The number of amides is 2. The zero-order chi connectivity index (χ0) is 41.0. The first-order valence-corrected chi connectivity index (χ1v) is 21.7. The molecule has 2 amide bonds. The van der Waals surface area contributed by atoms with Crippen molar-refractivity contribution < 1.29 is 57.8 Å². The van der Waals surface area contributed by atoms with Crippen LogP contribution in [0.25, 0.3) is 21.5 Å². The van der Waals surface area contributed by atoms with Crippen LogP contribution in [-0.4, -0.2) is 59.0 Å². The number of aromatic hydroxyl groups is 2. The van der Waals surface area contributed by atoms with Crippen molar-refractivity contribution in [2.75, 3.05) is 20.1 Å². The molecule has 21 heteroatoms. The highest BCUT2D eigenvalue weighted by Crippen LogP contribution is 2.40. The van der Waals surface area contributed by atoms with Crippen LogP contribution in [-0.2, 0) is 40.3 Å². The van der Waals surface area contributed by atoms with Crippen LogP contribution in [0, 0.1) is 13.8 Å². The van der Waals surface area contributed by atoms with Gasteiger partial charge in [0.05, 0.1) is 21.2 Å². The topological polar surface area (TPSA) is 283 Å². The van der Waals surface area contributed by atoms with E-state index in [0.29, 0.717) is 12.1 Å². The molecule has 6 rings (SSSR count). The number of phenols is 2. The molecule has 0 radical (unpaired) electrons. The average Bonchev–Trinajstić information content (AvgIpc) is 3.11. The van der Waals surface area contributed by atoms with Gasteiger partial charge in [0, 0.05) is 45.1 Å². The molecular weight excluding hydrogens is 813 g/mol. The molecule has 0 saturated carbocycles. The van der Waals surface area contributed by atoms with E-state index in [-0.39, 0.29) is 65.2 Å². The Hall–Kier alpha value is -5.97. The summed E-state index contributed by atoms with van der Waals surface area (Å²) >= 11 is 0. The number of hydrogen-bond donors (Lipinski definition) is 8. The van der Waals surface area contributed by atoms with Crippen molar-refractivity contribution in [1.29, 1.82) is 0 Å². The smallest absolute Gasteiger partial charge is 0.323 e. The van der Waals surface area contributed by atoms with E-state index in [0.717, 1.165) is 12.1 Å². The van der Waals surface area contributed by atoms with E-state index in [1.54, 1.807) is 0 Å². The van der Waals surface area contributed by atoms with Gasteiger partial charge in [0.2, 0.25) is 0 Å². The second-order valence-corrected chi connectivity index (χ2v) is 18.4. The Morgan fingerprint density at radius 3 is 1.16 bits per heavy atom. The molecule has 6 aromatic carbocycles. The van der Waals surface area contributed by atoms with E-state index in [1.807, 2.05) is 0 Å². The Morgan fingerprint density at radius 2 is 0.821 bits per heavy atom. The number of benzene rings is 6. The van der Waals surface area contributed by atoms with Crippen LogP contribution in [0.1, 0.15) is 11.1 Å². The number of fused-ring (bicyclic) bond motifs is 2. The molecule has 0 aromatic heterocycles. The summed E-state index contributed by atoms with van der Waals surface area (Å²) in [5.41, 5.74) is -0.366. The SMILES string of the molecule is Cc1ccc(NC(=O)Nc2ccc(C)c(S(=O)(=O)Nc3c(O)cc(S(=O)(=O)O)c4ccccc34)c2)cc1S(=O)(=O)Nc1c(O)cc(S(=O)(=O)O)c2ccccc12. The minimum absolute atomic E-state index is 0.0263. The minimum atomic E-state index is -4.80. The molecule has 6 aromatic rings. The van der Waals surface area contributed by atoms with Gasteiger partial charge in [0.15, 0.2) is 0 Å². The fourth-order valence-electron chi connectivity index (χ4n) is 5.90. The van der Waals surface area contributed by atoms with Crippen molar-refractivity contribution in [2.24, 2.45) is 0 Å². The first-order chi connectivity index (χ1) is 26.1. The number of nitrogens with one attached hydrogen (secondary N) is 4. The molecule has 0 aliphatic carbocycles. The molecule has 0 unspecified atom stereocenters. The van der Waals surface area contributed by atoms with Crippen LogP contribution in [0.4, 0.5) is 27.5 Å². The fraction of sp³-hybridized carbons (Fsp3) is 0.0571. The molecular formula is C35H30N4O13S4. The number of urea groups is 1. The van der Waals surface area contributed by atoms with Gasteiger partial charge in [0.25, 0.3) is 40.3 Å². The monoisotopic (exact) mass is 842 g/mol. The highest BCUT2D eigenvalue weighted by molar-refractivity contribution is 7.93. The van der Waals surface area contributed by atoms with Crippen molar-refractivity contribution in [3.63, 3.8) is 0 Å². The van der Waals surface area contributed by atoms with E-state index in [4.69, 9.17) is 0 Å². The minimum Gasteiger partial charge on any atom is -0.506 e. The number of carbonyl (C=O) groups is 1. The number of phenolic OH excluding ortho intramolecular Hbond substituents is 2. The van der Waals surface area contributed by atoms with Crippen LogP contribution >= 0.6 is 0 Å². The van der Waals surface area contributed by atoms with Crippen molar-refractivity contribution in [3.05, 3.63) is 108 Å². The number of hydrogen-bond acceptors (Lipinski definition) is 11. The molecule has 0 aliphatic rings. The number of anilines is 4. The van der Waals surface area contributed by atoms with Crippen molar-refractivity contribution in [3.8, 4) is 11.5 Å². The third-order valence-corrected chi connectivity index (χ3v) is 13.2. The average molecular weight is 843 g/mol. The molecule has 0 atom stereocenters. The molecule has 0 heterocycles. The molecule has 0 bridgehead atoms. The van der Waals surface area contributed by atoms with E-state index in [9.17, 15) is 57.8 Å². The van der Waals surface area contributed by atoms with Gasteiger partial charge in [-0.05, 0) is 49.2 Å². The Morgan fingerprint density at radius 1 is 0.482 bits per heavy atom. The van der Waals surface area contributed by atoms with Gasteiger partial charge in [0.1, 0.15) is 21.3 Å². The Labute approximate surface area is 320 Å². The van der Waals surface area contributed by atoms with Gasteiger partial charge in [-0.1, -0.05) is 60.7 Å². The molecule has 0 fully saturated rings. The van der Waals surface area contributed by atoms with Gasteiger partial charge in [-0.15, -0.1) is 0 Å². The van der Waals surface area contributed by atoms with Gasteiger partial charge in [-0.3, -0.25) is 18.5 Å². The van der Waals surface area contributed by atoms with Crippen LogP contribution in [0.15, 0.2) is 117 Å². The molecule has 0 aliphatic heterocycles. The predicted octanol–water partition coefficient (Wildman–Crippen LogP) is 5.76. The highest BCUT2D eigenvalue weighted by Gasteiger charge is 2.27. The standard InChI is InChI=1S/C35H30N4O13S4/c1-19-11-13-21(15-29(19)53(43,44)38-33-25-9-5-3-7-23(25)31(17-27(33)40)55(47,48)49)36-35(42)37-22-14-12-20(2)30(16-22)54(45,46)39-34-26-10-6-4-8-24(26)32(18-28(34)41)56(50,51)52/h3-18,38-41H,1-2H3,(H2,36,37,42)(H,47,48,49)(H,50,51,52). The van der Waals surface area contributed by atoms with Gasteiger partial charge in [-0.25, -0.2) is 21.6 Å². The third kappa shape index (κ3) is 7.89. The summed E-state index contributed by atoms with van der Waals surface area (Å²) in [6.07, 6.45) is 0. The van der Waals surface area contributed by atoms with Crippen molar-refractivity contribution in [1.82, 2.24) is 0 Å². The molecule has 56 heavy (non-hydrogen) atoms. The van der Waals surface area contributed by atoms with Gasteiger partial charge >= 0.3 is 6.03 Å². The highest BCUT2D eigenvalue weighted by atomic mass is 32.2. The Balaban J connectivity index is 1.25. The molecule has 0 spiro atoms. The van der Waals surface area contributed by atoms with Gasteiger partial charge in [-0.2, -0.15) is 16.8 Å². The maximum absolute atomic E-state index is 13.6. The lowest BCUT2D eigenvalue weighted by Crippen LogP contribution is -2.21. The maximum atomic E-state index is 13.6. The second-order valence-electron chi connectivity index (χ2n) is 12.3. The summed E-state index contributed by atoms with van der Waals surface area (Å²) in [6.45, 7) is 2.93. The summed E-state index contributed by atoms with van der Waals surface area (Å²) < 4.78 is 126. The summed E-state index contributed by atoms with van der Waals surface area (Å²) in [6, 6.07) is 19.4. The van der Waals surface area contributed by atoms with Gasteiger partial charge < -0.3 is 20.8 Å². The first-order valence-electron chi connectivity index (χ1n) is 15.9. The summed E-state index contributed by atoms with van der Waals surface area (Å²) in [5, 5.41) is 26.0. The first kappa shape index (κ1) is 39.7. The van der Waals surface area contributed by atoms with E-state index in [2.05, 4.69) is 20.1 Å². The summed E-state index contributed by atoms with van der Waals surface area (Å²) in [5.74, 6) is -1.58. The maximum Gasteiger partial charge on any atom is 0.323 e. The lowest BCUT2D eigenvalue weighted by Gasteiger charge is -2.17. The van der Waals surface area contributed by atoms with Crippen molar-refractivity contribution in [2.45, 2.75) is 33.4 Å². The van der Waals surface area contributed by atoms with Crippen LogP contribution in [0.5, 0.6) is 11.5 Å². The van der Waals surface area contributed by atoms with Crippen LogP contribution < -0.4 is 20.1 Å². The van der Waals surface area contributed by atoms with Crippen molar-refractivity contribution >= 4 is 90.6 Å². The molecule has 0 saturated heterocycles. The number of sulfonamides is 2. The number of carbonyl (C=O) groups excluding carboxylic acids is 1. The zero-order valence-corrected chi connectivity index (χ0v) is 32.1. The Kier molecular flexibility index (Phi) is 10.1. The summed E-state index contributed by atoms with van der Waals surface area (Å²) in [7, 11) is -18.7. The molecule has 8 N–H and O–H groups in total. The Bertz CT molecular complexity index is 2880. The van der Waals surface area contributed by atoms with E-state index < -0.39 is 67.6 Å². The normalized spacial score (nSPS) is 12.4. The lowest BCUT2D eigenvalue weighted by atomic mass is 10.1. The van der Waals surface area contributed by atoms with Crippen LogP contribution in [0.3, 0.4) is 0 Å². The lowest BCUT2D eigenvalue weighted by molar-refractivity contribution is 0.262. The zero-order valence-electron chi connectivity index (χ0n) is 28.8.